The molecule has 1 aromatic carbocycles. The number of hydrogen-bond acceptors (Lipinski definition) is 4. The molecule has 1 N–H and O–H groups in total. The number of aryl methyl sites for hydroxylation is 1. The lowest BCUT2D eigenvalue weighted by Gasteiger charge is -2.22. The number of aliphatic imine (C=N–C) groups is 1. The first-order valence-corrected chi connectivity index (χ1v) is 7.55. The second-order valence-corrected chi connectivity index (χ2v) is 5.45. The molecular formula is C16H24FIN6O. The molecule has 7 nitrogen and oxygen atoms in total. The van der Waals surface area contributed by atoms with Gasteiger partial charge in [0.05, 0.1) is 13.7 Å². The smallest absolute Gasteiger partial charge is 0.194 e. The minimum atomic E-state index is -0.374. The Balaban J connectivity index is 0.00000312. The molecule has 0 radical (unpaired) electrons. The van der Waals surface area contributed by atoms with Crippen molar-refractivity contribution < 1.29 is 9.13 Å². The van der Waals surface area contributed by atoms with Crippen LogP contribution in [-0.4, -0.2) is 46.8 Å². The van der Waals surface area contributed by atoms with E-state index in [0.717, 1.165) is 17.2 Å². The minimum Gasteiger partial charge on any atom is -0.494 e. The van der Waals surface area contributed by atoms with E-state index >= 15 is 0 Å². The fourth-order valence-corrected chi connectivity index (χ4v) is 2.30. The molecule has 0 bridgehead atoms. The lowest BCUT2D eigenvalue weighted by molar-refractivity contribution is 0.385. The third-order valence-corrected chi connectivity index (χ3v) is 3.80. The van der Waals surface area contributed by atoms with Crippen LogP contribution in [0.4, 0.5) is 4.39 Å². The summed E-state index contributed by atoms with van der Waals surface area (Å²) in [6, 6.07) is 4.92. The van der Waals surface area contributed by atoms with Gasteiger partial charge in [-0.05, 0) is 24.6 Å². The molecule has 9 heteroatoms. The fraction of sp³-hybridized carbons (Fsp3) is 0.438. The van der Waals surface area contributed by atoms with E-state index in [2.05, 4.69) is 20.5 Å². The number of halogens is 2. The van der Waals surface area contributed by atoms with Gasteiger partial charge in [-0.25, -0.2) is 4.39 Å². The highest BCUT2D eigenvalue weighted by atomic mass is 127. The summed E-state index contributed by atoms with van der Waals surface area (Å²) in [5.41, 5.74) is 0.827. The van der Waals surface area contributed by atoms with Gasteiger partial charge in [0, 0.05) is 27.7 Å². The number of hydrogen-bond donors (Lipinski definition) is 1. The number of nitrogens with one attached hydrogen (secondary N) is 1. The van der Waals surface area contributed by atoms with Crippen LogP contribution in [0.25, 0.3) is 0 Å². The second-order valence-electron chi connectivity index (χ2n) is 5.45. The zero-order valence-corrected chi connectivity index (χ0v) is 17.4. The predicted octanol–water partition coefficient (Wildman–Crippen LogP) is 2.10. The summed E-state index contributed by atoms with van der Waals surface area (Å²) in [7, 11) is 6.96. The largest absolute Gasteiger partial charge is 0.494 e. The Morgan fingerprint density at radius 3 is 2.64 bits per heavy atom. The Labute approximate surface area is 164 Å². The maximum absolute atomic E-state index is 13.8. The molecule has 2 aromatic rings. The summed E-state index contributed by atoms with van der Waals surface area (Å²) in [6.45, 7) is 2.92. The van der Waals surface area contributed by atoms with Crippen molar-refractivity contribution in [2.24, 2.45) is 12.0 Å². The molecule has 1 heterocycles. The van der Waals surface area contributed by atoms with Gasteiger partial charge in [0.25, 0.3) is 0 Å². The number of rotatable bonds is 5. The van der Waals surface area contributed by atoms with E-state index in [1.54, 1.807) is 13.1 Å². The molecule has 138 valence electrons. The van der Waals surface area contributed by atoms with Crippen LogP contribution in [0.1, 0.15) is 17.2 Å². The molecule has 0 amide bonds. The minimum absolute atomic E-state index is 0. The predicted molar refractivity (Wildman–Crippen MR) is 106 cm³/mol. The van der Waals surface area contributed by atoms with Gasteiger partial charge in [-0.2, -0.15) is 0 Å². The zero-order valence-electron chi connectivity index (χ0n) is 15.1. The van der Waals surface area contributed by atoms with Crippen LogP contribution in [0.15, 0.2) is 23.2 Å². The van der Waals surface area contributed by atoms with Crippen molar-refractivity contribution in [3.8, 4) is 5.75 Å². The first-order chi connectivity index (χ1) is 11.5. The number of ether oxygens (including phenoxy) is 1. The van der Waals surface area contributed by atoms with Gasteiger partial charge >= 0.3 is 0 Å². The molecule has 0 spiro atoms. The molecule has 0 atom stereocenters. The standard InChI is InChI=1S/C16H23FN6O.HI/c1-11-20-21-15(23(11)4)9-19-16(18-2)22(3)10-12-6-7-14(24-5)13(17)8-12;/h6-8H,9-10H2,1-5H3,(H,18,19);1H. The van der Waals surface area contributed by atoms with Gasteiger partial charge < -0.3 is 19.5 Å². The van der Waals surface area contributed by atoms with Gasteiger partial charge in [0.15, 0.2) is 23.4 Å². The Hall–Kier alpha value is -1.91. The average Bonchev–Trinajstić information content (AvgIpc) is 2.87. The highest BCUT2D eigenvalue weighted by molar-refractivity contribution is 14.0. The Bertz CT molecular complexity index is 733. The van der Waals surface area contributed by atoms with Crippen LogP contribution in [0.5, 0.6) is 5.75 Å². The average molecular weight is 462 g/mol. The normalized spacial score (nSPS) is 11.0. The number of aromatic nitrogens is 3. The summed E-state index contributed by atoms with van der Waals surface area (Å²) in [5.74, 6) is 2.22. The SMILES string of the molecule is CN=C(NCc1nnc(C)n1C)N(C)Cc1ccc(OC)c(F)c1.I. The van der Waals surface area contributed by atoms with Gasteiger partial charge in [0.1, 0.15) is 5.82 Å². The topological polar surface area (TPSA) is 67.6 Å². The van der Waals surface area contributed by atoms with Gasteiger partial charge in [-0.1, -0.05) is 6.07 Å². The number of benzene rings is 1. The van der Waals surface area contributed by atoms with Crippen LogP contribution < -0.4 is 10.1 Å². The summed E-state index contributed by atoms with van der Waals surface area (Å²) >= 11 is 0. The van der Waals surface area contributed by atoms with Crippen molar-refractivity contribution in [1.82, 2.24) is 25.0 Å². The fourth-order valence-electron chi connectivity index (χ4n) is 2.30. The zero-order chi connectivity index (χ0) is 17.7. The molecule has 1 aromatic heterocycles. The van der Waals surface area contributed by atoms with Crippen LogP contribution in [0.3, 0.4) is 0 Å². The van der Waals surface area contributed by atoms with Crippen LogP contribution in [0, 0.1) is 12.7 Å². The molecule has 0 fully saturated rings. The first-order valence-electron chi connectivity index (χ1n) is 7.55. The number of guanidine groups is 1. The molecule has 0 saturated heterocycles. The molecule has 0 aliphatic heterocycles. The molecular weight excluding hydrogens is 438 g/mol. The van der Waals surface area contributed by atoms with Crippen LogP contribution in [0.2, 0.25) is 0 Å². The lowest BCUT2D eigenvalue weighted by atomic mass is 10.2. The quantitative estimate of drug-likeness (QED) is 0.419. The lowest BCUT2D eigenvalue weighted by Crippen LogP contribution is -2.38. The summed E-state index contributed by atoms with van der Waals surface area (Å²) in [4.78, 5) is 6.15. The Kier molecular flexibility index (Phi) is 8.07. The van der Waals surface area contributed by atoms with Crippen molar-refractivity contribution in [3.05, 3.63) is 41.2 Å². The second kappa shape index (κ2) is 9.54. The third-order valence-electron chi connectivity index (χ3n) is 3.80. The van der Waals surface area contributed by atoms with Gasteiger partial charge in [0.2, 0.25) is 0 Å². The maximum Gasteiger partial charge on any atom is 0.194 e. The molecule has 0 unspecified atom stereocenters. The highest BCUT2D eigenvalue weighted by Gasteiger charge is 2.11. The molecule has 2 rings (SSSR count). The van der Waals surface area contributed by atoms with Crippen LogP contribution >= 0.6 is 24.0 Å². The highest BCUT2D eigenvalue weighted by Crippen LogP contribution is 2.18. The Morgan fingerprint density at radius 1 is 1.40 bits per heavy atom. The summed E-state index contributed by atoms with van der Waals surface area (Å²) in [5, 5.41) is 11.4. The number of nitrogens with zero attached hydrogens (tertiary/aromatic N) is 5. The monoisotopic (exact) mass is 462 g/mol. The van der Waals surface area contributed by atoms with Crippen molar-refractivity contribution in [3.63, 3.8) is 0 Å². The first kappa shape index (κ1) is 21.1. The molecule has 25 heavy (non-hydrogen) atoms. The summed E-state index contributed by atoms with van der Waals surface area (Å²) < 4.78 is 20.6. The van der Waals surface area contributed by atoms with Crippen LogP contribution in [-0.2, 0) is 20.1 Å². The van der Waals surface area contributed by atoms with Crippen molar-refractivity contribution in [2.75, 3.05) is 21.2 Å². The molecule has 0 saturated carbocycles. The van der Waals surface area contributed by atoms with E-state index in [1.807, 2.05) is 36.6 Å². The van der Waals surface area contributed by atoms with E-state index in [-0.39, 0.29) is 35.5 Å². The van der Waals surface area contributed by atoms with E-state index in [4.69, 9.17) is 4.74 Å². The molecule has 0 aliphatic carbocycles. The van der Waals surface area contributed by atoms with Crippen molar-refractivity contribution in [1.29, 1.82) is 0 Å². The summed E-state index contributed by atoms with van der Waals surface area (Å²) in [6.07, 6.45) is 0. The number of methoxy groups -OCH3 is 1. The van der Waals surface area contributed by atoms with Gasteiger partial charge in [-0.15, -0.1) is 34.2 Å². The van der Waals surface area contributed by atoms with Gasteiger partial charge in [-0.3, -0.25) is 4.99 Å². The Morgan fingerprint density at radius 2 is 2.12 bits per heavy atom. The third kappa shape index (κ3) is 5.28. The van der Waals surface area contributed by atoms with Crippen molar-refractivity contribution in [2.45, 2.75) is 20.0 Å². The maximum atomic E-state index is 13.8. The van der Waals surface area contributed by atoms with E-state index in [9.17, 15) is 4.39 Å². The van der Waals surface area contributed by atoms with Crippen molar-refractivity contribution >= 4 is 29.9 Å². The molecule has 0 aliphatic rings. The van der Waals surface area contributed by atoms with E-state index in [1.165, 1.54) is 13.2 Å². The van der Waals surface area contributed by atoms with E-state index < -0.39 is 0 Å². The van der Waals surface area contributed by atoms with E-state index in [0.29, 0.717) is 19.0 Å².